The molecule has 2 aromatic carbocycles. The third kappa shape index (κ3) is 8.90. The van der Waals surface area contributed by atoms with E-state index in [9.17, 15) is 23.6 Å². The van der Waals surface area contributed by atoms with E-state index in [0.29, 0.717) is 29.7 Å². The molecule has 1 N–H and O–H groups in total. The highest BCUT2D eigenvalue weighted by Crippen LogP contribution is 2.29. The summed E-state index contributed by atoms with van der Waals surface area (Å²) in [5.74, 6) is -0.404. The van der Waals surface area contributed by atoms with Crippen LogP contribution in [0.2, 0.25) is 0 Å². The SMILES string of the molecule is CCCCCC(CC(=O)CCc1ccc(OC(=O)C=Cc2ccc(F)cc2)c(OC)c1)n1cc(C)c(=O)[nH]c1=O. The highest BCUT2D eigenvalue weighted by Gasteiger charge is 2.18. The van der Waals surface area contributed by atoms with Crippen molar-refractivity contribution >= 4 is 17.8 Å². The van der Waals surface area contributed by atoms with Gasteiger partial charge in [0.05, 0.1) is 7.11 Å². The summed E-state index contributed by atoms with van der Waals surface area (Å²) in [5, 5.41) is 0. The van der Waals surface area contributed by atoms with Crippen molar-refractivity contribution in [3.8, 4) is 11.5 Å². The number of nitrogens with zero attached hydrogens (tertiary/aromatic N) is 1. The van der Waals surface area contributed by atoms with Crippen LogP contribution >= 0.6 is 0 Å². The van der Waals surface area contributed by atoms with Gasteiger partial charge in [0.1, 0.15) is 11.6 Å². The number of ether oxygens (including phenoxy) is 2. The third-order valence-corrected chi connectivity index (χ3v) is 6.56. The second kappa shape index (κ2) is 14.8. The van der Waals surface area contributed by atoms with Crippen LogP contribution in [0.4, 0.5) is 4.39 Å². The number of nitrogens with one attached hydrogen (secondary N) is 1. The molecule has 0 fully saturated rings. The maximum atomic E-state index is 13.0. The second-order valence-corrected chi connectivity index (χ2v) is 9.66. The van der Waals surface area contributed by atoms with E-state index in [0.717, 1.165) is 24.8 Å². The molecule has 0 saturated heterocycles. The quantitative estimate of drug-likeness (QED) is 0.126. The average Bonchev–Trinajstić information content (AvgIpc) is 2.93. The van der Waals surface area contributed by atoms with Crippen molar-refractivity contribution in [2.24, 2.45) is 0 Å². The Morgan fingerprint density at radius 1 is 1.07 bits per heavy atom. The van der Waals surface area contributed by atoms with Crippen LogP contribution in [-0.2, 0) is 16.0 Å². The highest BCUT2D eigenvalue weighted by atomic mass is 19.1. The van der Waals surface area contributed by atoms with Crippen molar-refractivity contribution in [2.75, 3.05) is 7.11 Å². The average molecular weight is 551 g/mol. The molecule has 0 bridgehead atoms. The molecule has 0 aliphatic rings. The minimum absolute atomic E-state index is 0.00217. The van der Waals surface area contributed by atoms with Crippen LogP contribution in [-0.4, -0.2) is 28.4 Å². The molecule has 1 unspecified atom stereocenters. The van der Waals surface area contributed by atoms with E-state index in [2.05, 4.69) is 11.9 Å². The Bertz CT molecular complexity index is 1460. The maximum absolute atomic E-state index is 13.0. The minimum atomic E-state index is -0.618. The number of halogens is 1. The van der Waals surface area contributed by atoms with Crippen molar-refractivity contribution in [3.05, 3.63) is 98.1 Å². The van der Waals surface area contributed by atoms with E-state index >= 15 is 0 Å². The van der Waals surface area contributed by atoms with E-state index in [1.165, 1.54) is 42.2 Å². The summed E-state index contributed by atoms with van der Waals surface area (Å²) in [6.07, 6.45) is 8.70. The summed E-state index contributed by atoms with van der Waals surface area (Å²) < 4.78 is 25.3. The normalized spacial score (nSPS) is 11.9. The number of aromatic nitrogens is 2. The highest BCUT2D eigenvalue weighted by molar-refractivity contribution is 5.89. The van der Waals surface area contributed by atoms with Crippen LogP contribution in [0.25, 0.3) is 6.08 Å². The number of methoxy groups -OCH3 is 1. The molecule has 0 saturated carbocycles. The number of H-pyrrole nitrogens is 1. The van der Waals surface area contributed by atoms with Gasteiger partial charge in [-0.2, -0.15) is 0 Å². The van der Waals surface area contributed by atoms with Gasteiger partial charge in [-0.1, -0.05) is 44.4 Å². The van der Waals surface area contributed by atoms with Crippen LogP contribution in [0.1, 0.15) is 68.2 Å². The number of unbranched alkanes of at least 4 members (excludes halogenated alkanes) is 2. The fourth-order valence-electron chi connectivity index (χ4n) is 4.31. The summed E-state index contributed by atoms with van der Waals surface area (Å²) in [5.41, 5.74) is 0.968. The topological polar surface area (TPSA) is 107 Å². The molecule has 1 heterocycles. The lowest BCUT2D eigenvalue weighted by atomic mass is 9.99. The molecule has 0 amide bonds. The van der Waals surface area contributed by atoms with E-state index in [-0.39, 0.29) is 36.2 Å². The standard InChI is InChI=1S/C31H35FN2O6/c1-4-5-6-7-25(34-20-21(2)30(37)33-31(34)38)19-26(35)15-10-23-11-16-27(28(18-23)39-3)40-29(36)17-12-22-8-13-24(32)14-9-22/h8-9,11-14,16-18,20,25H,4-7,10,15,19H2,1-3H3,(H,33,37,38). The van der Waals surface area contributed by atoms with Crippen LogP contribution in [0, 0.1) is 12.7 Å². The molecule has 9 heteroatoms. The Hall–Kier alpha value is -4.27. The lowest BCUT2D eigenvalue weighted by Crippen LogP contribution is -2.34. The third-order valence-electron chi connectivity index (χ3n) is 6.56. The van der Waals surface area contributed by atoms with Crippen LogP contribution in [0.5, 0.6) is 11.5 Å². The number of ketones is 1. The predicted octanol–water partition coefficient (Wildman–Crippen LogP) is 5.32. The molecule has 3 aromatic rings. The number of aryl methyl sites for hydroxylation is 2. The number of carbonyl (C=O) groups is 2. The molecule has 0 spiro atoms. The van der Waals surface area contributed by atoms with Gasteiger partial charge in [-0.25, -0.2) is 14.0 Å². The van der Waals surface area contributed by atoms with Gasteiger partial charge in [-0.3, -0.25) is 19.1 Å². The fraction of sp³-hybridized carbons (Fsp3) is 0.355. The Balaban J connectivity index is 1.63. The van der Waals surface area contributed by atoms with Gasteiger partial charge >= 0.3 is 11.7 Å². The summed E-state index contributed by atoms with van der Waals surface area (Å²) in [4.78, 5) is 51.8. The molecule has 0 aliphatic carbocycles. The Labute approximate surface area is 232 Å². The number of benzene rings is 2. The summed E-state index contributed by atoms with van der Waals surface area (Å²) in [6.45, 7) is 3.72. The van der Waals surface area contributed by atoms with Gasteiger partial charge < -0.3 is 9.47 Å². The zero-order valence-corrected chi connectivity index (χ0v) is 23.1. The Morgan fingerprint density at radius 2 is 1.82 bits per heavy atom. The van der Waals surface area contributed by atoms with E-state index in [1.807, 2.05) is 0 Å². The molecule has 3 rings (SSSR count). The van der Waals surface area contributed by atoms with Gasteiger partial charge in [0.25, 0.3) is 5.56 Å². The summed E-state index contributed by atoms with van der Waals surface area (Å²) in [7, 11) is 1.46. The molecular weight excluding hydrogens is 515 g/mol. The Kier molecular flexibility index (Phi) is 11.2. The summed E-state index contributed by atoms with van der Waals surface area (Å²) in [6, 6.07) is 10.4. The van der Waals surface area contributed by atoms with Gasteiger partial charge in [0.2, 0.25) is 0 Å². The second-order valence-electron chi connectivity index (χ2n) is 9.66. The van der Waals surface area contributed by atoms with Gasteiger partial charge in [-0.15, -0.1) is 0 Å². The number of Topliss-reactive ketones (excluding diaryl/α,β-unsaturated/α-hetero) is 1. The first kappa shape index (κ1) is 30.3. The first-order valence-electron chi connectivity index (χ1n) is 13.4. The van der Waals surface area contributed by atoms with Gasteiger partial charge in [0, 0.05) is 36.7 Å². The number of carbonyl (C=O) groups excluding carboxylic acids is 2. The zero-order valence-electron chi connectivity index (χ0n) is 23.1. The monoisotopic (exact) mass is 550 g/mol. The number of hydrogen-bond acceptors (Lipinski definition) is 6. The molecule has 1 aromatic heterocycles. The van der Waals surface area contributed by atoms with Crippen LogP contribution in [0.15, 0.2) is 64.3 Å². The molecule has 0 radical (unpaired) electrons. The van der Waals surface area contributed by atoms with E-state index < -0.39 is 17.2 Å². The van der Waals surface area contributed by atoms with Crippen LogP contribution < -0.4 is 20.7 Å². The largest absolute Gasteiger partial charge is 0.493 e. The van der Waals surface area contributed by atoms with Crippen molar-refractivity contribution in [3.63, 3.8) is 0 Å². The molecule has 212 valence electrons. The van der Waals surface area contributed by atoms with E-state index in [1.54, 1.807) is 37.3 Å². The lowest BCUT2D eigenvalue weighted by Gasteiger charge is -2.19. The number of hydrogen-bond donors (Lipinski definition) is 1. The molecule has 1 atom stereocenters. The first-order valence-corrected chi connectivity index (χ1v) is 13.4. The predicted molar refractivity (Wildman–Crippen MR) is 151 cm³/mol. The van der Waals surface area contributed by atoms with Crippen molar-refractivity contribution in [1.29, 1.82) is 0 Å². The van der Waals surface area contributed by atoms with Crippen molar-refractivity contribution in [1.82, 2.24) is 9.55 Å². The van der Waals surface area contributed by atoms with Crippen molar-refractivity contribution in [2.45, 2.75) is 64.8 Å². The molecule has 8 nitrogen and oxygen atoms in total. The smallest absolute Gasteiger partial charge is 0.336 e. The maximum Gasteiger partial charge on any atom is 0.336 e. The fourth-order valence-corrected chi connectivity index (χ4v) is 4.31. The molecule has 0 aliphatic heterocycles. The first-order chi connectivity index (χ1) is 19.2. The number of rotatable bonds is 14. The van der Waals surface area contributed by atoms with Gasteiger partial charge in [-0.05, 0) is 61.2 Å². The minimum Gasteiger partial charge on any atom is -0.493 e. The lowest BCUT2D eigenvalue weighted by molar-refractivity contribution is -0.129. The number of esters is 1. The summed E-state index contributed by atoms with van der Waals surface area (Å²) >= 11 is 0. The Morgan fingerprint density at radius 3 is 2.52 bits per heavy atom. The van der Waals surface area contributed by atoms with Crippen molar-refractivity contribution < 1.29 is 23.5 Å². The molecule has 40 heavy (non-hydrogen) atoms. The molecular formula is C31H35FN2O6. The van der Waals surface area contributed by atoms with Crippen LogP contribution in [0.3, 0.4) is 0 Å². The zero-order chi connectivity index (χ0) is 29.1. The van der Waals surface area contributed by atoms with Gasteiger partial charge in [0.15, 0.2) is 11.5 Å². The van der Waals surface area contributed by atoms with E-state index in [4.69, 9.17) is 9.47 Å². The number of aromatic amines is 1.